The molecular formula is C12H18FN. The van der Waals surface area contributed by atoms with E-state index in [1.165, 1.54) is 0 Å². The molecule has 0 heterocycles. The van der Waals surface area contributed by atoms with Crippen LogP contribution in [0.25, 0.3) is 0 Å². The summed E-state index contributed by atoms with van der Waals surface area (Å²) in [6.07, 6.45) is 0.891. The van der Waals surface area contributed by atoms with Crippen molar-refractivity contribution < 1.29 is 4.39 Å². The summed E-state index contributed by atoms with van der Waals surface area (Å²) in [5, 5.41) is 0. The molecule has 0 aliphatic carbocycles. The molecule has 1 nitrogen and oxygen atoms in total. The van der Waals surface area contributed by atoms with Crippen molar-refractivity contribution in [2.75, 3.05) is 0 Å². The molecule has 1 atom stereocenters. The summed E-state index contributed by atoms with van der Waals surface area (Å²) in [5.41, 5.74) is 7.51. The molecule has 0 bridgehead atoms. The first-order valence-electron chi connectivity index (χ1n) is 5.02. The Labute approximate surface area is 85.1 Å². The third-order valence-corrected chi connectivity index (χ3v) is 2.35. The van der Waals surface area contributed by atoms with E-state index in [0.29, 0.717) is 11.5 Å². The fourth-order valence-corrected chi connectivity index (χ4v) is 1.48. The number of benzene rings is 1. The SMILES string of the molecule is Cc1ccc(C(N)CC(C)C)cc1F. The molecule has 0 radical (unpaired) electrons. The zero-order valence-electron chi connectivity index (χ0n) is 9.05. The second kappa shape index (κ2) is 4.56. The molecule has 0 saturated carbocycles. The Bertz CT molecular complexity index is 307. The molecule has 1 aromatic rings. The third-order valence-electron chi connectivity index (χ3n) is 2.35. The molecule has 1 aromatic carbocycles. The van der Waals surface area contributed by atoms with E-state index in [2.05, 4.69) is 13.8 Å². The fourth-order valence-electron chi connectivity index (χ4n) is 1.48. The highest BCUT2D eigenvalue weighted by molar-refractivity contribution is 5.25. The molecule has 0 aliphatic rings. The van der Waals surface area contributed by atoms with Crippen molar-refractivity contribution in [2.45, 2.75) is 33.2 Å². The molecule has 2 N–H and O–H groups in total. The van der Waals surface area contributed by atoms with Crippen LogP contribution < -0.4 is 5.73 Å². The van der Waals surface area contributed by atoms with Gasteiger partial charge in [-0.15, -0.1) is 0 Å². The molecule has 0 saturated heterocycles. The molecule has 78 valence electrons. The maximum Gasteiger partial charge on any atom is 0.126 e. The number of rotatable bonds is 3. The Balaban J connectivity index is 2.80. The average Bonchev–Trinajstić information content (AvgIpc) is 2.08. The highest BCUT2D eigenvalue weighted by atomic mass is 19.1. The summed E-state index contributed by atoms with van der Waals surface area (Å²) in [7, 11) is 0. The maximum absolute atomic E-state index is 13.2. The number of hydrogen-bond acceptors (Lipinski definition) is 1. The Morgan fingerprint density at radius 3 is 2.50 bits per heavy atom. The standard InChI is InChI=1S/C12H18FN/c1-8(2)6-12(14)10-5-4-9(3)11(13)7-10/h4-5,7-8,12H,6,14H2,1-3H3. The molecular weight excluding hydrogens is 177 g/mol. The van der Waals surface area contributed by atoms with Crippen LogP contribution in [-0.2, 0) is 0 Å². The van der Waals surface area contributed by atoms with Gasteiger partial charge >= 0.3 is 0 Å². The molecule has 14 heavy (non-hydrogen) atoms. The number of halogens is 1. The minimum Gasteiger partial charge on any atom is -0.324 e. The molecule has 1 unspecified atom stereocenters. The van der Waals surface area contributed by atoms with E-state index in [1.54, 1.807) is 19.1 Å². The third kappa shape index (κ3) is 2.81. The van der Waals surface area contributed by atoms with Gasteiger partial charge in [0.05, 0.1) is 0 Å². The second-order valence-electron chi connectivity index (χ2n) is 4.24. The highest BCUT2D eigenvalue weighted by Gasteiger charge is 2.09. The van der Waals surface area contributed by atoms with Crippen molar-refractivity contribution in [1.82, 2.24) is 0 Å². The van der Waals surface area contributed by atoms with Crippen molar-refractivity contribution >= 4 is 0 Å². The van der Waals surface area contributed by atoms with E-state index in [-0.39, 0.29) is 11.9 Å². The van der Waals surface area contributed by atoms with E-state index >= 15 is 0 Å². The van der Waals surface area contributed by atoms with E-state index < -0.39 is 0 Å². The molecule has 2 heteroatoms. The Morgan fingerprint density at radius 2 is 2.00 bits per heavy atom. The van der Waals surface area contributed by atoms with Crippen molar-refractivity contribution in [3.8, 4) is 0 Å². The Hall–Kier alpha value is -0.890. The van der Waals surface area contributed by atoms with Crippen LogP contribution in [0.3, 0.4) is 0 Å². The first-order valence-corrected chi connectivity index (χ1v) is 5.02. The van der Waals surface area contributed by atoms with Gasteiger partial charge in [0.15, 0.2) is 0 Å². The number of nitrogens with two attached hydrogens (primary N) is 1. The lowest BCUT2D eigenvalue weighted by Crippen LogP contribution is -2.13. The predicted octanol–water partition coefficient (Wildman–Crippen LogP) is 3.18. The summed E-state index contributed by atoms with van der Waals surface area (Å²) < 4.78 is 13.2. The normalized spacial score (nSPS) is 13.3. The largest absolute Gasteiger partial charge is 0.324 e. The van der Waals surface area contributed by atoms with E-state index in [9.17, 15) is 4.39 Å². The quantitative estimate of drug-likeness (QED) is 0.787. The number of aryl methyl sites for hydroxylation is 1. The van der Waals surface area contributed by atoms with Gasteiger partial charge in [-0.05, 0) is 36.5 Å². The van der Waals surface area contributed by atoms with Crippen LogP contribution in [0.2, 0.25) is 0 Å². The second-order valence-corrected chi connectivity index (χ2v) is 4.24. The van der Waals surface area contributed by atoms with Crippen LogP contribution in [0.4, 0.5) is 4.39 Å². The van der Waals surface area contributed by atoms with Crippen LogP contribution in [0, 0.1) is 18.7 Å². The van der Waals surface area contributed by atoms with Crippen LogP contribution in [0.15, 0.2) is 18.2 Å². The average molecular weight is 195 g/mol. The smallest absolute Gasteiger partial charge is 0.126 e. The minimum absolute atomic E-state index is 0.0508. The molecule has 0 spiro atoms. The lowest BCUT2D eigenvalue weighted by Gasteiger charge is -2.14. The minimum atomic E-state index is -0.165. The molecule has 0 aromatic heterocycles. The van der Waals surface area contributed by atoms with Gasteiger partial charge in [-0.3, -0.25) is 0 Å². The van der Waals surface area contributed by atoms with Gasteiger partial charge in [-0.25, -0.2) is 4.39 Å². The maximum atomic E-state index is 13.2. The van der Waals surface area contributed by atoms with Crippen molar-refractivity contribution in [3.05, 3.63) is 35.1 Å². The Morgan fingerprint density at radius 1 is 1.36 bits per heavy atom. The monoisotopic (exact) mass is 195 g/mol. The van der Waals surface area contributed by atoms with Crippen LogP contribution in [0.5, 0.6) is 0 Å². The zero-order chi connectivity index (χ0) is 10.7. The first kappa shape index (κ1) is 11.2. The summed E-state index contributed by atoms with van der Waals surface area (Å²) in [5.74, 6) is 0.371. The highest BCUT2D eigenvalue weighted by Crippen LogP contribution is 2.20. The van der Waals surface area contributed by atoms with Crippen molar-refractivity contribution in [2.24, 2.45) is 11.7 Å². The molecule has 0 amide bonds. The molecule has 1 rings (SSSR count). The van der Waals surface area contributed by atoms with E-state index in [4.69, 9.17) is 5.73 Å². The summed E-state index contributed by atoms with van der Waals surface area (Å²) >= 11 is 0. The zero-order valence-corrected chi connectivity index (χ0v) is 9.05. The summed E-state index contributed by atoms with van der Waals surface area (Å²) in [4.78, 5) is 0. The van der Waals surface area contributed by atoms with Gasteiger partial charge in [-0.1, -0.05) is 26.0 Å². The Kier molecular flexibility index (Phi) is 3.64. The van der Waals surface area contributed by atoms with Crippen LogP contribution >= 0.6 is 0 Å². The topological polar surface area (TPSA) is 26.0 Å². The van der Waals surface area contributed by atoms with Gasteiger partial charge in [0.25, 0.3) is 0 Å². The van der Waals surface area contributed by atoms with E-state index in [1.807, 2.05) is 6.07 Å². The first-order chi connectivity index (χ1) is 6.50. The van der Waals surface area contributed by atoms with Crippen molar-refractivity contribution in [3.63, 3.8) is 0 Å². The van der Waals surface area contributed by atoms with Gasteiger partial charge in [-0.2, -0.15) is 0 Å². The number of hydrogen-bond donors (Lipinski definition) is 1. The predicted molar refractivity (Wildman–Crippen MR) is 57.5 cm³/mol. The molecule has 0 fully saturated rings. The summed E-state index contributed by atoms with van der Waals surface area (Å²) in [6.45, 7) is 5.99. The fraction of sp³-hybridized carbons (Fsp3) is 0.500. The van der Waals surface area contributed by atoms with Crippen LogP contribution in [0.1, 0.15) is 37.4 Å². The van der Waals surface area contributed by atoms with Gasteiger partial charge < -0.3 is 5.73 Å². The van der Waals surface area contributed by atoms with Gasteiger partial charge in [0, 0.05) is 6.04 Å². The van der Waals surface area contributed by atoms with Gasteiger partial charge in [0.2, 0.25) is 0 Å². The lowest BCUT2D eigenvalue weighted by atomic mass is 9.97. The van der Waals surface area contributed by atoms with Gasteiger partial charge in [0.1, 0.15) is 5.82 Å². The van der Waals surface area contributed by atoms with Crippen LogP contribution in [-0.4, -0.2) is 0 Å². The van der Waals surface area contributed by atoms with Crippen molar-refractivity contribution in [1.29, 1.82) is 0 Å². The summed E-state index contributed by atoms with van der Waals surface area (Å²) in [6, 6.07) is 5.18. The lowest BCUT2D eigenvalue weighted by molar-refractivity contribution is 0.506. The van der Waals surface area contributed by atoms with E-state index in [0.717, 1.165) is 12.0 Å². The molecule has 0 aliphatic heterocycles.